The van der Waals surface area contributed by atoms with Crippen molar-refractivity contribution in [1.82, 2.24) is 10.1 Å². The third kappa shape index (κ3) is 0.819. The standard InChI is InChI=1S/C4H3N3O/c1-5-2-4-6-3-8-7-4/h3H,2H2. The molecule has 0 saturated heterocycles. The van der Waals surface area contributed by atoms with Crippen LogP contribution < -0.4 is 0 Å². The summed E-state index contributed by atoms with van der Waals surface area (Å²) in [6.45, 7) is 6.59. The van der Waals surface area contributed by atoms with Crippen LogP contribution in [0.15, 0.2) is 10.9 Å². The molecule has 40 valence electrons. The zero-order chi connectivity index (χ0) is 5.82. The Kier molecular flexibility index (Phi) is 1.24. The maximum absolute atomic E-state index is 6.38. The van der Waals surface area contributed by atoms with Crippen molar-refractivity contribution in [3.05, 3.63) is 23.6 Å². The fraction of sp³-hybridized carbons (Fsp3) is 0.250. The second-order valence-corrected chi connectivity index (χ2v) is 1.16. The quantitative estimate of drug-likeness (QED) is 0.493. The van der Waals surface area contributed by atoms with Gasteiger partial charge in [0.1, 0.15) is 0 Å². The van der Waals surface area contributed by atoms with Crippen molar-refractivity contribution < 1.29 is 4.52 Å². The zero-order valence-electron chi connectivity index (χ0n) is 4.03. The summed E-state index contributed by atoms with van der Waals surface area (Å²) >= 11 is 0. The lowest BCUT2D eigenvalue weighted by molar-refractivity contribution is 0.411. The molecular formula is C4H3N3O. The van der Waals surface area contributed by atoms with Gasteiger partial charge in [0, 0.05) is 0 Å². The van der Waals surface area contributed by atoms with Crippen LogP contribution in [-0.4, -0.2) is 10.1 Å². The first-order valence-electron chi connectivity index (χ1n) is 2.02. The highest BCUT2D eigenvalue weighted by atomic mass is 16.5. The van der Waals surface area contributed by atoms with Crippen LogP contribution in [0.25, 0.3) is 4.85 Å². The van der Waals surface area contributed by atoms with Gasteiger partial charge in [-0.2, -0.15) is 4.98 Å². The monoisotopic (exact) mass is 109 g/mol. The molecule has 0 aliphatic rings. The van der Waals surface area contributed by atoms with E-state index in [0.29, 0.717) is 5.82 Å². The Labute approximate surface area is 45.9 Å². The van der Waals surface area contributed by atoms with Crippen LogP contribution in [0.5, 0.6) is 0 Å². The van der Waals surface area contributed by atoms with Crippen LogP contribution in [0.3, 0.4) is 0 Å². The molecule has 0 radical (unpaired) electrons. The molecule has 0 aliphatic heterocycles. The summed E-state index contributed by atoms with van der Waals surface area (Å²) in [5.74, 6) is 0.444. The smallest absolute Gasteiger partial charge is 0.276 e. The fourth-order valence-electron chi connectivity index (χ4n) is 0.333. The molecule has 1 rings (SSSR count). The molecule has 0 fully saturated rings. The van der Waals surface area contributed by atoms with Crippen molar-refractivity contribution in [1.29, 1.82) is 0 Å². The highest BCUT2D eigenvalue weighted by Crippen LogP contribution is 1.88. The lowest BCUT2D eigenvalue weighted by Gasteiger charge is -1.69. The highest BCUT2D eigenvalue weighted by Gasteiger charge is 1.96. The minimum atomic E-state index is 0.205. The van der Waals surface area contributed by atoms with E-state index in [1.807, 2.05) is 0 Å². The van der Waals surface area contributed by atoms with E-state index < -0.39 is 0 Å². The molecule has 0 bridgehead atoms. The van der Waals surface area contributed by atoms with E-state index in [1.165, 1.54) is 6.39 Å². The molecular weight excluding hydrogens is 106 g/mol. The van der Waals surface area contributed by atoms with E-state index in [1.54, 1.807) is 0 Å². The summed E-state index contributed by atoms with van der Waals surface area (Å²) in [6, 6.07) is 0. The first-order valence-corrected chi connectivity index (χ1v) is 2.02. The van der Waals surface area contributed by atoms with Crippen molar-refractivity contribution in [2.45, 2.75) is 6.54 Å². The predicted molar refractivity (Wildman–Crippen MR) is 24.6 cm³/mol. The zero-order valence-corrected chi connectivity index (χ0v) is 4.03. The van der Waals surface area contributed by atoms with Gasteiger partial charge in [-0.3, -0.25) is 0 Å². The first kappa shape index (κ1) is 4.78. The van der Waals surface area contributed by atoms with E-state index in [9.17, 15) is 0 Å². The van der Waals surface area contributed by atoms with Crippen LogP contribution in [0.4, 0.5) is 0 Å². The van der Waals surface area contributed by atoms with Gasteiger partial charge < -0.3 is 9.37 Å². The topological polar surface area (TPSA) is 43.3 Å². The Morgan fingerprint density at radius 1 is 1.88 bits per heavy atom. The second kappa shape index (κ2) is 2.07. The first-order chi connectivity index (χ1) is 3.93. The average Bonchev–Trinajstić information content (AvgIpc) is 2.19. The van der Waals surface area contributed by atoms with E-state index >= 15 is 0 Å². The van der Waals surface area contributed by atoms with Gasteiger partial charge in [-0.1, -0.05) is 5.16 Å². The largest absolute Gasteiger partial charge is 0.343 e. The maximum atomic E-state index is 6.38. The highest BCUT2D eigenvalue weighted by molar-refractivity contribution is 4.81. The number of hydrogen-bond donors (Lipinski definition) is 0. The third-order valence-electron chi connectivity index (χ3n) is 0.627. The van der Waals surface area contributed by atoms with Crippen molar-refractivity contribution in [3.63, 3.8) is 0 Å². The summed E-state index contributed by atoms with van der Waals surface area (Å²) in [5, 5.41) is 3.41. The van der Waals surface area contributed by atoms with E-state index in [0.717, 1.165) is 0 Å². The number of nitrogens with zero attached hydrogens (tertiary/aromatic N) is 3. The summed E-state index contributed by atoms with van der Waals surface area (Å²) < 4.78 is 4.36. The van der Waals surface area contributed by atoms with Crippen molar-refractivity contribution >= 4 is 0 Å². The fourth-order valence-corrected chi connectivity index (χ4v) is 0.333. The van der Waals surface area contributed by atoms with Gasteiger partial charge >= 0.3 is 0 Å². The number of rotatable bonds is 1. The number of hydrogen-bond acceptors (Lipinski definition) is 3. The summed E-state index contributed by atoms with van der Waals surface area (Å²) in [4.78, 5) is 6.66. The van der Waals surface area contributed by atoms with Crippen LogP contribution in [-0.2, 0) is 6.54 Å². The summed E-state index contributed by atoms with van der Waals surface area (Å²) in [7, 11) is 0. The van der Waals surface area contributed by atoms with Gasteiger partial charge in [0.25, 0.3) is 12.4 Å². The van der Waals surface area contributed by atoms with Gasteiger partial charge in [-0.05, 0) is 0 Å². The normalized spacial score (nSPS) is 8.38. The van der Waals surface area contributed by atoms with Crippen LogP contribution in [0, 0.1) is 6.57 Å². The van der Waals surface area contributed by atoms with Gasteiger partial charge in [0.2, 0.25) is 6.39 Å². The Bertz CT molecular complexity index is 186. The molecule has 0 atom stereocenters. The molecule has 1 aromatic rings. The molecule has 8 heavy (non-hydrogen) atoms. The Morgan fingerprint density at radius 3 is 3.25 bits per heavy atom. The molecule has 0 N–H and O–H groups in total. The van der Waals surface area contributed by atoms with Crippen LogP contribution in [0.2, 0.25) is 0 Å². The minimum Gasteiger partial charge on any atom is -0.343 e. The molecule has 0 aliphatic carbocycles. The Hall–Kier alpha value is -1.37. The average molecular weight is 109 g/mol. The number of aromatic nitrogens is 2. The minimum absolute atomic E-state index is 0.205. The Morgan fingerprint density at radius 2 is 2.75 bits per heavy atom. The van der Waals surface area contributed by atoms with Crippen LogP contribution >= 0.6 is 0 Å². The lowest BCUT2D eigenvalue weighted by atomic mass is 10.6. The van der Waals surface area contributed by atoms with Gasteiger partial charge in [0.15, 0.2) is 0 Å². The van der Waals surface area contributed by atoms with Gasteiger partial charge in [-0.25, -0.2) is 6.57 Å². The van der Waals surface area contributed by atoms with Crippen molar-refractivity contribution in [2.24, 2.45) is 0 Å². The SMILES string of the molecule is [C-]#[N+]Cc1ncon1. The van der Waals surface area contributed by atoms with Crippen LogP contribution in [0.1, 0.15) is 5.82 Å². The summed E-state index contributed by atoms with van der Waals surface area (Å²) in [5.41, 5.74) is 0. The molecule has 4 heteroatoms. The lowest BCUT2D eigenvalue weighted by Crippen LogP contribution is -1.78. The van der Waals surface area contributed by atoms with E-state index in [2.05, 4.69) is 19.5 Å². The van der Waals surface area contributed by atoms with E-state index in [4.69, 9.17) is 6.57 Å². The second-order valence-electron chi connectivity index (χ2n) is 1.16. The van der Waals surface area contributed by atoms with Crippen molar-refractivity contribution in [2.75, 3.05) is 0 Å². The predicted octanol–water partition coefficient (Wildman–Crippen LogP) is 0.489. The van der Waals surface area contributed by atoms with Crippen molar-refractivity contribution in [3.8, 4) is 0 Å². The molecule has 0 amide bonds. The molecule has 0 aromatic carbocycles. The van der Waals surface area contributed by atoms with Gasteiger partial charge in [-0.15, -0.1) is 0 Å². The molecule has 0 saturated carbocycles. The van der Waals surface area contributed by atoms with E-state index in [-0.39, 0.29) is 6.54 Å². The molecule has 1 heterocycles. The molecule has 0 unspecified atom stereocenters. The van der Waals surface area contributed by atoms with Gasteiger partial charge in [0.05, 0.1) is 0 Å². The Balaban J connectivity index is 2.67. The molecule has 1 aromatic heterocycles. The third-order valence-corrected chi connectivity index (χ3v) is 0.627. The molecule has 4 nitrogen and oxygen atoms in total. The molecule has 0 spiro atoms. The maximum Gasteiger partial charge on any atom is 0.276 e. The summed E-state index contributed by atoms with van der Waals surface area (Å²) in [6.07, 6.45) is 1.21.